The smallest absolute Gasteiger partial charge is 0.119 e. The number of hydrogen-bond donors (Lipinski definition) is 2. The van der Waals surface area contributed by atoms with E-state index >= 15 is 0 Å². The van der Waals surface area contributed by atoms with E-state index in [0.29, 0.717) is 35.2 Å². The third kappa shape index (κ3) is 5.10. The summed E-state index contributed by atoms with van der Waals surface area (Å²) in [5.74, 6) is 2.16. The second-order valence-corrected chi connectivity index (χ2v) is 10.8. The number of phenolic OH excluding ortho intramolecular Hbond substituents is 2. The van der Waals surface area contributed by atoms with Gasteiger partial charge in [-0.3, -0.25) is 0 Å². The molecule has 33 heavy (non-hydrogen) atoms. The highest BCUT2D eigenvalue weighted by Gasteiger charge is 2.35. The fraction of sp³-hybridized carbons (Fsp3) is 0.613. The summed E-state index contributed by atoms with van der Waals surface area (Å²) in [6, 6.07) is 8.12. The molecule has 0 spiro atoms. The zero-order chi connectivity index (χ0) is 25.1. The van der Waals surface area contributed by atoms with Gasteiger partial charge in [-0.1, -0.05) is 81.4 Å². The minimum absolute atomic E-state index is 0.261. The third-order valence-corrected chi connectivity index (χ3v) is 8.30. The van der Waals surface area contributed by atoms with E-state index in [1.807, 2.05) is 12.1 Å². The van der Waals surface area contributed by atoms with Crippen LogP contribution in [0.3, 0.4) is 0 Å². The fourth-order valence-electron chi connectivity index (χ4n) is 5.40. The molecule has 0 radical (unpaired) electrons. The molecule has 2 aromatic rings. The van der Waals surface area contributed by atoms with E-state index in [1.165, 1.54) is 22.3 Å². The monoisotopic (exact) mass is 452 g/mol. The molecule has 4 atom stereocenters. The lowest BCUT2D eigenvalue weighted by atomic mass is 9.67. The molecule has 0 aliphatic carbocycles. The van der Waals surface area contributed by atoms with Gasteiger partial charge in [-0.2, -0.15) is 0 Å². The van der Waals surface area contributed by atoms with Crippen molar-refractivity contribution in [3.8, 4) is 11.5 Å². The molecule has 0 aromatic heterocycles. The van der Waals surface area contributed by atoms with Gasteiger partial charge in [0.05, 0.1) is 0 Å². The van der Waals surface area contributed by atoms with Gasteiger partial charge in [-0.25, -0.2) is 0 Å². The molecule has 0 amide bonds. The SMILES string of the molecule is CCC(C)c1c(O)ccc(C(C)(C)c2ccc(O)c(C(C)CC)c2C(C)CC)c1C(C)CC. The maximum absolute atomic E-state index is 10.9. The van der Waals surface area contributed by atoms with Gasteiger partial charge in [0.15, 0.2) is 0 Å². The summed E-state index contributed by atoms with van der Waals surface area (Å²) in [7, 11) is 0. The molecule has 4 unspecified atom stereocenters. The molecule has 2 nitrogen and oxygen atoms in total. The molecule has 2 heteroatoms. The molecule has 0 aliphatic rings. The highest BCUT2D eigenvalue weighted by Crippen LogP contribution is 2.48. The highest BCUT2D eigenvalue weighted by atomic mass is 16.3. The summed E-state index contributed by atoms with van der Waals surface area (Å²) in [6.07, 6.45) is 4.05. The van der Waals surface area contributed by atoms with Crippen molar-refractivity contribution in [2.75, 3.05) is 0 Å². The molecule has 2 rings (SSSR count). The van der Waals surface area contributed by atoms with Crippen molar-refractivity contribution >= 4 is 0 Å². The number of benzene rings is 2. The van der Waals surface area contributed by atoms with Crippen LogP contribution in [0.1, 0.15) is 152 Å². The maximum Gasteiger partial charge on any atom is 0.119 e. The van der Waals surface area contributed by atoms with Crippen molar-refractivity contribution in [1.82, 2.24) is 0 Å². The Kier molecular flexibility index (Phi) is 9.08. The van der Waals surface area contributed by atoms with Crippen molar-refractivity contribution in [1.29, 1.82) is 0 Å². The van der Waals surface area contributed by atoms with Crippen LogP contribution in [0.5, 0.6) is 11.5 Å². The summed E-state index contributed by atoms with van der Waals surface area (Å²) < 4.78 is 0. The summed E-state index contributed by atoms with van der Waals surface area (Å²) in [6.45, 7) is 22.5. The second kappa shape index (κ2) is 11.0. The first kappa shape index (κ1) is 27.3. The third-order valence-electron chi connectivity index (χ3n) is 8.30. The van der Waals surface area contributed by atoms with Gasteiger partial charge >= 0.3 is 0 Å². The largest absolute Gasteiger partial charge is 0.508 e. The van der Waals surface area contributed by atoms with Gasteiger partial charge in [-0.05, 0) is 83.7 Å². The van der Waals surface area contributed by atoms with Crippen molar-refractivity contribution in [2.45, 2.75) is 124 Å². The second-order valence-electron chi connectivity index (χ2n) is 10.8. The van der Waals surface area contributed by atoms with Crippen LogP contribution >= 0.6 is 0 Å². The lowest BCUT2D eigenvalue weighted by Gasteiger charge is -2.37. The average molecular weight is 453 g/mol. The van der Waals surface area contributed by atoms with Crippen LogP contribution in [-0.4, -0.2) is 10.2 Å². The van der Waals surface area contributed by atoms with Crippen LogP contribution in [0.2, 0.25) is 0 Å². The fourth-order valence-corrected chi connectivity index (χ4v) is 5.40. The van der Waals surface area contributed by atoms with E-state index in [9.17, 15) is 10.2 Å². The highest BCUT2D eigenvalue weighted by molar-refractivity contribution is 5.58. The Morgan fingerprint density at radius 3 is 1.09 bits per heavy atom. The predicted molar refractivity (Wildman–Crippen MR) is 143 cm³/mol. The maximum atomic E-state index is 10.9. The van der Waals surface area contributed by atoms with Gasteiger partial charge in [0.1, 0.15) is 11.5 Å². The predicted octanol–water partition coefficient (Wildman–Crippen LogP) is 9.48. The normalized spacial score (nSPS) is 15.8. The topological polar surface area (TPSA) is 40.5 Å². The van der Waals surface area contributed by atoms with Crippen LogP contribution in [0.15, 0.2) is 24.3 Å². The lowest BCUT2D eigenvalue weighted by Crippen LogP contribution is -2.26. The Bertz CT molecular complexity index is 865. The lowest BCUT2D eigenvalue weighted by molar-refractivity contribution is 0.454. The molecular weight excluding hydrogens is 404 g/mol. The minimum Gasteiger partial charge on any atom is -0.508 e. The first-order valence-electron chi connectivity index (χ1n) is 13.2. The molecule has 0 heterocycles. The van der Waals surface area contributed by atoms with Crippen LogP contribution in [-0.2, 0) is 5.41 Å². The van der Waals surface area contributed by atoms with Crippen molar-refractivity contribution < 1.29 is 10.2 Å². The Labute approximate surface area is 203 Å². The van der Waals surface area contributed by atoms with Crippen molar-refractivity contribution in [2.24, 2.45) is 0 Å². The van der Waals surface area contributed by atoms with Gasteiger partial charge in [0.2, 0.25) is 0 Å². The Hall–Kier alpha value is -1.96. The summed E-state index contributed by atoms with van der Waals surface area (Å²) in [5, 5.41) is 21.9. The molecule has 0 fully saturated rings. The first-order chi connectivity index (χ1) is 15.5. The van der Waals surface area contributed by atoms with E-state index in [2.05, 4.69) is 81.4 Å². The van der Waals surface area contributed by atoms with Gasteiger partial charge in [0, 0.05) is 16.5 Å². The molecule has 0 aliphatic heterocycles. The molecule has 0 saturated heterocycles. The van der Waals surface area contributed by atoms with Crippen LogP contribution in [0, 0.1) is 0 Å². The Morgan fingerprint density at radius 2 is 0.818 bits per heavy atom. The number of aromatic hydroxyl groups is 2. The Morgan fingerprint density at radius 1 is 0.545 bits per heavy atom. The first-order valence-corrected chi connectivity index (χ1v) is 13.2. The van der Waals surface area contributed by atoms with Gasteiger partial charge in [0.25, 0.3) is 0 Å². The number of rotatable bonds is 10. The van der Waals surface area contributed by atoms with E-state index in [0.717, 1.165) is 36.8 Å². The summed E-state index contributed by atoms with van der Waals surface area (Å²) in [4.78, 5) is 0. The quantitative estimate of drug-likeness (QED) is 0.377. The number of hydrogen-bond acceptors (Lipinski definition) is 2. The summed E-state index contributed by atoms with van der Waals surface area (Å²) in [5.41, 5.74) is 7.19. The molecule has 0 saturated carbocycles. The average Bonchev–Trinajstić information content (AvgIpc) is 2.80. The standard InChI is InChI=1S/C31H48O2/c1-11-19(5)27-23(15-17-25(32)29(27)21(7)13-3)31(9,10)24-16-18-26(33)30(22(8)14-4)28(24)20(6)12-2/h15-22,32-33H,11-14H2,1-10H3. The van der Waals surface area contributed by atoms with Gasteiger partial charge in [-0.15, -0.1) is 0 Å². The van der Waals surface area contributed by atoms with Crippen molar-refractivity contribution in [3.05, 3.63) is 57.6 Å². The van der Waals surface area contributed by atoms with E-state index in [1.54, 1.807) is 0 Å². The zero-order valence-corrected chi connectivity index (χ0v) is 22.8. The van der Waals surface area contributed by atoms with Crippen LogP contribution < -0.4 is 0 Å². The van der Waals surface area contributed by atoms with E-state index in [4.69, 9.17) is 0 Å². The molecule has 184 valence electrons. The van der Waals surface area contributed by atoms with E-state index < -0.39 is 0 Å². The zero-order valence-electron chi connectivity index (χ0n) is 22.8. The van der Waals surface area contributed by atoms with Crippen molar-refractivity contribution in [3.63, 3.8) is 0 Å². The minimum atomic E-state index is -0.261. The molecule has 0 bridgehead atoms. The molecule has 2 aromatic carbocycles. The Balaban J connectivity index is 2.96. The molecule has 2 N–H and O–H groups in total. The number of phenols is 2. The van der Waals surface area contributed by atoms with Gasteiger partial charge < -0.3 is 10.2 Å². The van der Waals surface area contributed by atoms with Crippen LogP contribution in [0.4, 0.5) is 0 Å². The van der Waals surface area contributed by atoms with E-state index in [-0.39, 0.29) is 5.41 Å². The molecular formula is C31H48O2. The summed E-state index contributed by atoms with van der Waals surface area (Å²) >= 11 is 0. The van der Waals surface area contributed by atoms with Crippen LogP contribution in [0.25, 0.3) is 0 Å².